The lowest BCUT2D eigenvalue weighted by Gasteiger charge is -2.21. The highest BCUT2D eigenvalue weighted by Crippen LogP contribution is 2.37. The topological polar surface area (TPSA) is 60.3 Å². The quantitative estimate of drug-likeness (QED) is 0.626. The lowest BCUT2D eigenvalue weighted by atomic mass is 9.93. The second-order valence-corrected chi connectivity index (χ2v) is 6.80. The predicted molar refractivity (Wildman–Crippen MR) is 115 cm³/mol. The first-order valence-corrected chi connectivity index (χ1v) is 9.09. The zero-order valence-corrected chi connectivity index (χ0v) is 16.7. The number of anilines is 1. The van der Waals surface area contributed by atoms with Crippen molar-refractivity contribution in [1.29, 1.82) is 0 Å². The number of halogens is 1. The van der Waals surface area contributed by atoms with Crippen molar-refractivity contribution in [2.24, 2.45) is 7.05 Å². The van der Waals surface area contributed by atoms with Crippen LogP contribution in [-0.4, -0.2) is 25.0 Å². The molecule has 144 valence electrons. The van der Waals surface area contributed by atoms with E-state index in [2.05, 4.69) is 11.9 Å². The highest BCUT2D eigenvalue weighted by Gasteiger charge is 2.23. The van der Waals surface area contributed by atoms with Gasteiger partial charge in [0.25, 0.3) is 5.56 Å². The summed E-state index contributed by atoms with van der Waals surface area (Å²) in [6.45, 7) is 3.83. The Hall–Kier alpha value is -2.89. The standard InChI is InChI=1S/C22H21ClN2O3/c1-5-13-6-7-14(10-18(13)24-2)20-17-11-15(23)8-9-16(17)22(27)25(3)21(20)19(12-26)28-4/h5-12,19,24H,1H2,2-4H3. The number of fused-ring (bicyclic) bond motifs is 1. The second-order valence-electron chi connectivity index (χ2n) is 6.36. The molecule has 0 amide bonds. The van der Waals surface area contributed by atoms with Gasteiger partial charge in [0.15, 0.2) is 12.4 Å². The fourth-order valence-electron chi connectivity index (χ4n) is 3.48. The van der Waals surface area contributed by atoms with Gasteiger partial charge in [-0.3, -0.25) is 4.79 Å². The van der Waals surface area contributed by atoms with Crippen LogP contribution >= 0.6 is 11.6 Å². The van der Waals surface area contributed by atoms with Gasteiger partial charge in [-0.15, -0.1) is 0 Å². The number of ether oxygens (including phenoxy) is 1. The Bertz CT molecular complexity index is 1130. The Morgan fingerprint density at radius 3 is 2.57 bits per heavy atom. The molecule has 1 N–H and O–H groups in total. The van der Waals surface area contributed by atoms with E-state index < -0.39 is 6.10 Å². The number of rotatable bonds is 6. The molecule has 28 heavy (non-hydrogen) atoms. The normalized spacial score (nSPS) is 12.0. The molecule has 0 saturated carbocycles. The Labute approximate surface area is 168 Å². The van der Waals surface area contributed by atoms with E-state index in [1.165, 1.54) is 11.7 Å². The van der Waals surface area contributed by atoms with Crippen molar-refractivity contribution in [3.05, 3.63) is 69.6 Å². The van der Waals surface area contributed by atoms with Gasteiger partial charge in [-0.25, -0.2) is 0 Å². The van der Waals surface area contributed by atoms with Crippen molar-refractivity contribution in [2.75, 3.05) is 19.5 Å². The molecule has 0 spiro atoms. The Balaban J connectivity index is 2.52. The van der Waals surface area contributed by atoms with E-state index in [0.29, 0.717) is 27.8 Å². The largest absolute Gasteiger partial charge is 0.388 e. The fraction of sp³-hybridized carbons (Fsp3) is 0.182. The molecule has 1 heterocycles. The predicted octanol–water partition coefficient (Wildman–Crippen LogP) is 4.43. The molecule has 0 fully saturated rings. The van der Waals surface area contributed by atoms with Crippen molar-refractivity contribution < 1.29 is 9.53 Å². The van der Waals surface area contributed by atoms with Crippen LogP contribution in [0.5, 0.6) is 0 Å². The average molecular weight is 397 g/mol. The molecule has 2 aromatic carbocycles. The van der Waals surface area contributed by atoms with Crippen LogP contribution in [0, 0.1) is 0 Å². The second kappa shape index (κ2) is 8.00. The third-order valence-corrected chi connectivity index (χ3v) is 5.12. The maximum Gasteiger partial charge on any atom is 0.258 e. The fourth-order valence-corrected chi connectivity index (χ4v) is 3.65. The monoisotopic (exact) mass is 396 g/mol. The maximum atomic E-state index is 12.9. The van der Waals surface area contributed by atoms with Crippen molar-refractivity contribution in [3.63, 3.8) is 0 Å². The van der Waals surface area contributed by atoms with E-state index >= 15 is 0 Å². The van der Waals surface area contributed by atoms with Gasteiger partial charge >= 0.3 is 0 Å². The molecule has 0 saturated heterocycles. The molecular weight excluding hydrogens is 376 g/mol. The maximum absolute atomic E-state index is 12.9. The minimum Gasteiger partial charge on any atom is -0.388 e. The lowest BCUT2D eigenvalue weighted by molar-refractivity contribution is -0.117. The number of methoxy groups -OCH3 is 1. The van der Waals surface area contributed by atoms with Gasteiger partial charge in [-0.1, -0.05) is 36.4 Å². The van der Waals surface area contributed by atoms with Crippen molar-refractivity contribution in [2.45, 2.75) is 6.10 Å². The number of pyridine rings is 1. The number of hydrogen-bond acceptors (Lipinski definition) is 4. The third-order valence-electron chi connectivity index (χ3n) is 4.88. The molecule has 1 aromatic heterocycles. The summed E-state index contributed by atoms with van der Waals surface area (Å²) < 4.78 is 6.84. The van der Waals surface area contributed by atoms with Gasteiger partial charge in [0, 0.05) is 42.9 Å². The molecule has 1 unspecified atom stereocenters. The highest BCUT2D eigenvalue weighted by atomic mass is 35.5. The third kappa shape index (κ3) is 3.23. The summed E-state index contributed by atoms with van der Waals surface area (Å²) in [4.78, 5) is 24.6. The van der Waals surface area contributed by atoms with Crippen molar-refractivity contribution in [1.82, 2.24) is 4.57 Å². The molecule has 0 radical (unpaired) electrons. The molecule has 0 aliphatic rings. The minimum atomic E-state index is -0.895. The minimum absolute atomic E-state index is 0.217. The number of aldehydes is 1. The molecule has 3 aromatic rings. The number of hydrogen-bond donors (Lipinski definition) is 1. The summed E-state index contributed by atoms with van der Waals surface area (Å²) in [5.74, 6) is 0. The number of nitrogens with zero attached hydrogens (tertiary/aromatic N) is 1. The Kier molecular flexibility index (Phi) is 5.68. The van der Waals surface area contributed by atoms with E-state index in [1.54, 1.807) is 31.3 Å². The molecule has 0 bridgehead atoms. The van der Waals surface area contributed by atoms with Crippen molar-refractivity contribution >= 4 is 40.4 Å². The van der Waals surface area contributed by atoms with Crippen LogP contribution in [0.2, 0.25) is 5.02 Å². The van der Waals surface area contributed by atoms with Gasteiger partial charge in [0.05, 0.1) is 5.69 Å². The van der Waals surface area contributed by atoms with E-state index in [4.69, 9.17) is 16.3 Å². The van der Waals surface area contributed by atoms with E-state index in [-0.39, 0.29) is 5.56 Å². The van der Waals surface area contributed by atoms with E-state index in [9.17, 15) is 9.59 Å². The molecule has 1 atom stereocenters. The number of carbonyl (C=O) groups excluding carboxylic acids is 1. The molecular formula is C22H21ClN2O3. The van der Waals surface area contributed by atoms with E-state index in [0.717, 1.165) is 22.4 Å². The Morgan fingerprint density at radius 1 is 1.21 bits per heavy atom. The summed E-state index contributed by atoms with van der Waals surface area (Å²) in [7, 11) is 4.91. The van der Waals surface area contributed by atoms with Gasteiger partial charge < -0.3 is 19.4 Å². The zero-order valence-electron chi connectivity index (χ0n) is 16.0. The molecule has 0 aliphatic carbocycles. The number of nitrogens with one attached hydrogen (secondary N) is 1. The summed E-state index contributed by atoms with van der Waals surface area (Å²) >= 11 is 6.24. The molecule has 5 nitrogen and oxygen atoms in total. The first-order chi connectivity index (χ1) is 13.5. The summed E-state index contributed by atoms with van der Waals surface area (Å²) in [5.41, 5.74) is 3.64. The van der Waals surface area contributed by atoms with Crippen LogP contribution in [0.25, 0.3) is 28.0 Å². The van der Waals surface area contributed by atoms with Gasteiger partial charge in [-0.2, -0.15) is 0 Å². The number of carbonyl (C=O) groups is 1. The van der Waals surface area contributed by atoms with Gasteiger partial charge in [-0.05, 0) is 40.8 Å². The number of aromatic nitrogens is 1. The summed E-state index contributed by atoms with van der Waals surface area (Å²) in [5, 5.41) is 4.84. The van der Waals surface area contributed by atoms with Crippen LogP contribution in [0.15, 0.2) is 47.8 Å². The summed E-state index contributed by atoms with van der Waals surface area (Å²) in [6, 6.07) is 10.9. The van der Waals surface area contributed by atoms with Crippen molar-refractivity contribution in [3.8, 4) is 11.1 Å². The van der Waals surface area contributed by atoms with Crippen LogP contribution < -0.4 is 10.9 Å². The average Bonchev–Trinajstić information content (AvgIpc) is 2.71. The zero-order chi connectivity index (χ0) is 20.4. The highest BCUT2D eigenvalue weighted by molar-refractivity contribution is 6.31. The van der Waals surface area contributed by atoms with Crippen LogP contribution in [0.1, 0.15) is 17.4 Å². The first-order valence-electron chi connectivity index (χ1n) is 8.71. The SMILES string of the molecule is C=Cc1ccc(-c2c(C(C=O)OC)n(C)c(=O)c3ccc(Cl)cc23)cc1NC. The Morgan fingerprint density at radius 2 is 1.96 bits per heavy atom. The summed E-state index contributed by atoms with van der Waals surface area (Å²) in [6.07, 6.45) is 1.55. The van der Waals surface area contributed by atoms with Gasteiger partial charge in [0.1, 0.15) is 0 Å². The van der Waals surface area contributed by atoms with Crippen LogP contribution in [0.4, 0.5) is 5.69 Å². The first kappa shape index (κ1) is 19.9. The lowest BCUT2D eigenvalue weighted by Crippen LogP contribution is -2.25. The molecule has 6 heteroatoms. The van der Waals surface area contributed by atoms with Gasteiger partial charge in [0.2, 0.25) is 0 Å². The van der Waals surface area contributed by atoms with E-state index in [1.807, 2.05) is 25.2 Å². The van der Waals surface area contributed by atoms with Crippen LogP contribution in [0.3, 0.4) is 0 Å². The molecule has 0 aliphatic heterocycles. The molecule has 3 rings (SSSR count). The van der Waals surface area contributed by atoms with Crippen LogP contribution in [-0.2, 0) is 16.6 Å². The smallest absolute Gasteiger partial charge is 0.258 e. The number of benzene rings is 2.